The van der Waals surface area contributed by atoms with E-state index in [1.165, 1.54) is 11.1 Å². The molecule has 4 nitrogen and oxygen atoms in total. The van der Waals surface area contributed by atoms with Crippen molar-refractivity contribution in [3.05, 3.63) is 91.1 Å². The summed E-state index contributed by atoms with van der Waals surface area (Å²) in [4.78, 5) is 0. The predicted molar refractivity (Wildman–Crippen MR) is 165 cm³/mol. The molecule has 1 aromatic rings. The second-order valence-corrected chi connectivity index (χ2v) is 10.9. The summed E-state index contributed by atoms with van der Waals surface area (Å²) in [6, 6.07) is 8.68. The SMILES string of the molecule is C=C(C)NCCCC(NC(=C)C(NC(=C)CCCC(=C)C(C)C)C(C)C)C(=C)Nc1ccc(CC)cc1. The number of hydrogen-bond donors (Lipinski definition) is 4. The van der Waals surface area contributed by atoms with Gasteiger partial charge in [-0.1, -0.05) is 85.2 Å². The fourth-order valence-corrected chi connectivity index (χ4v) is 4.12. The van der Waals surface area contributed by atoms with Crippen LogP contribution in [0, 0.1) is 11.8 Å². The van der Waals surface area contributed by atoms with Crippen molar-refractivity contribution in [2.45, 2.75) is 92.2 Å². The zero-order valence-corrected chi connectivity index (χ0v) is 24.6. The van der Waals surface area contributed by atoms with E-state index in [-0.39, 0.29) is 12.1 Å². The molecule has 37 heavy (non-hydrogen) atoms. The van der Waals surface area contributed by atoms with E-state index in [1.807, 2.05) is 6.92 Å². The molecular formula is C33H54N4. The van der Waals surface area contributed by atoms with Crippen LogP contribution in [0.1, 0.15) is 79.2 Å². The largest absolute Gasteiger partial charge is 0.389 e. The van der Waals surface area contributed by atoms with E-state index in [2.05, 4.69) is 113 Å². The molecule has 4 heteroatoms. The molecule has 4 N–H and O–H groups in total. The molecule has 1 aromatic carbocycles. The molecule has 0 spiro atoms. The lowest BCUT2D eigenvalue weighted by Crippen LogP contribution is -2.44. The molecule has 0 aliphatic rings. The van der Waals surface area contributed by atoms with Crippen LogP contribution in [0.3, 0.4) is 0 Å². The Morgan fingerprint density at radius 1 is 0.838 bits per heavy atom. The van der Waals surface area contributed by atoms with E-state index in [9.17, 15) is 0 Å². The van der Waals surface area contributed by atoms with Crippen molar-refractivity contribution >= 4 is 5.69 Å². The molecule has 206 valence electrons. The summed E-state index contributed by atoms with van der Waals surface area (Å²) < 4.78 is 0. The predicted octanol–water partition coefficient (Wildman–Crippen LogP) is 8.06. The van der Waals surface area contributed by atoms with Crippen molar-refractivity contribution in [3.63, 3.8) is 0 Å². The first kappa shape index (κ1) is 32.1. The zero-order valence-electron chi connectivity index (χ0n) is 24.6. The lowest BCUT2D eigenvalue weighted by atomic mass is 9.97. The number of rotatable bonds is 20. The minimum Gasteiger partial charge on any atom is -0.389 e. The summed E-state index contributed by atoms with van der Waals surface area (Å²) in [5.74, 6) is 0.887. The third kappa shape index (κ3) is 12.8. The van der Waals surface area contributed by atoms with Crippen LogP contribution in [-0.4, -0.2) is 18.6 Å². The van der Waals surface area contributed by atoms with Gasteiger partial charge in [0.2, 0.25) is 0 Å². The number of nitrogens with one attached hydrogen (secondary N) is 4. The Hall–Kier alpha value is -2.88. The second-order valence-electron chi connectivity index (χ2n) is 10.9. The first-order valence-corrected chi connectivity index (χ1v) is 14.0. The van der Waals surface area contributed by atoms with Gasteiger partial charge >= 0.3 is 0 Å². The molecule has 0 radical (unpaired) electrons. The summed E-state index contributed by atoms with van der Waals surface area (Å²) in [6.07, 6.45) is 5.96. The maximum absolute atomic E-state index is 4.44. The van der Waals surface area contributed by atoms with Gasteiger partial charge in [0.05, 0.1) is 12.1 Å². The first-order chi connectivity index (χ1) is 17.4. The Labute approximate surface area is 228 Å². The van der Waals surface area contributed by atoms with Crippen LogP contribution >= 0.6 is 0 Å². The Morgan fingerprint density at radius 2 is 1.49 bits per heavy atom. The van der Waals surface area contributed by atoms with Gasteiger partial charge in [-0.15, -0.1) is 0 Å². The van der Waals surface area contributed by atoms with Gasteiger partial charge in [-0.05, 0) is 75.0 Å². The lowest BCUT2D eigenvalue weighted by molar-refractivity contribution is 0.432. The van der Waals surface area contributed by atoms with Gasteiger partial charge in [0.15, 0.2) is 0 Å². The average Bonchev–Trinajstić information content (AvgIpc) is 2.84. The molecule has 0 saturated carbocycles. The normalized spacial score (nSPS) is 12.5. The highest BCUT2D eigenvalue weighted by Crippen LogP contribution is 2.20. The third-order valence-corrected chi connectivity index (χ3v) is 6.74. The lowest BCUT2D eigenvalue weighted by Gasteiger charge is -2.32. The highest BCUT2D eigenvalue weighted by molar-refractivity contribution is 5.50. The Morgan fingerprint density at radius 3 is 2.03 bits per heavy atom. The molecule has 1 rings (SSSR count). The minimum atomic E-state index is 0.0379. The van der Waals surface area contributed by atoms with Crippen molar-refractivity contribution < 1.29 is 0 Å². The molecule has 0 aliphatic heterocycles. The van der Waals surface area contributed by atoms with Crippen LogP contribution in [0.4, 0.5) is 5.69 Å². The summed E-state index contributed by atoms with van der Waals surface area (Å²) in [5, 5.41) is 14.2. The van der Waals surface area contributed by atoms with Gasteiger partial charge in [-0.2, -0.15) is 0 Å². The highest BCUT2D eigenvalue weighted by atomic mass is 15.1. The number of allylic oxidation sites excluding steroid dienone is 3. The highest BCUT2D eigenvalue weighted by Gasteiger charge is 2.21. The maximum atomic E-state index is 4.44. The van der Waals surface area contributed by atoms with Crippen molar-refractivity contribution in [2.75, 3.05) is 11.9 Å². The van der Waals surface area contributed by atoms with E-state index in [1.54, 1.807) is 0 Å². The van der Waals surface area contributed by atoms with Crippen molar-refractivity contribution in [1.82, 2.24) is 16.0 Å². The van der Waals surface area contributed by atoms with Gasteiger partial charge in [-0.25, -0.2) is 0 Å². The molecule has 0 bridgehead atoms. The van der Waals surface area contributed by atoms with Crippen LogP contribution < -0.4 is 21.3 Å². The smallest absolute Gasteiger partial charge is 0.0673 e. The van der Waals surface area contributed by atoms with Crippen LogP contribution in [-0.2, 0) is 6.42 Å². The fraction of sp³-hybridized carbons (Fsp3) is 0.515. The van der Waals surface area contributed by atoms with E-state index in [0.717, 1.165) is 73.5 Å². The average molecular weight is 507 g/mol. The van der Waals surface area contributed by atoms with Crippen LogP contribution in [0.15, 0.2) is 85.5 Å². The third-order valence-electron chi connectivity index (χ3n) is 6.74. The van der Waals surface area contributed by atoms with Gasteiger partial charge in [0.1, 0.15) is 0 Å². The van der Waals surface area contributed by atoms with Crippen LogP contribution in [0.25, 0.3) is 0 Å². The van der Waals surface area contributed by atoms with Gasteiger partial charge in [-0.3, -0.25) is 0 Å². The summed E-state index contributed by atoms with van der Waals surface area (Å²) >= 11 is 0. The van der Waals surface area contributed by atoms with E-state index < -0.39 is 0 Å². The molecule has 0 aromatic heterocycles. The van der Waals surface area contributed by atoms with Crippen molar-refractivity contribution in [3.8, 4) is 0 Å². The number of aryl methyl sites for hydroxylation is 1. The second kappa shape index (κ2) is 16.8. The molecule has 0 aliphatic carbocycles. The minimum absolute atomic E-state index is 0.0379. The quantitative estimate of drug-likeness (QED) is 0.107. The van der Waals surface area contributed by atoms with Crippen molar-refractivity contribution in [2.24, 2.45) is 11.8 Å². The van der Waals surface area contributed by atoms with E-state index >= 15 is 0 Å². The summed E-state index contributed by atoms with van der Waals surface area (Å²) in [5.41, 5.74) is 7.62. The molecule has 0 amide bonds. The molecule has 0 heterocycles. The summed E-state index contributed by atoms with van der Waals surface area (Å²) in [6.45, 7) is 35.2. The van der Waals surface area contributed by atoms with Crippen molar-refractivity contribution in [1.29, 1.82) is 0 Å². The Balaban J connectivity index is 2.84. The standard InChI is InChI=1S/C33H54N4/c1-12-30-18-20-31(21-19-30)36-28(10)32(17-14-22-34-25(6)7)37-29(11)33(24(4)5)35-27(9)16-13-15-26(8)23(2)3/h18-21,23-24,32-37H,6,8-17,22H2,1-5,7H3. The van der Waals surface area contributed by atoms with Gasteiger partial charge < -0.3 is 21.3 Å². The monoisotopic (exact) mass is 506 g/mol. The van der Waals surface area contributed by atoms with Crippen LogP contribution in [0.5, 0.6) is 0 Å². The molecule has 0 saturated heterocycles. The Bertz CT molecular complexity index is 891. The molecular weight excluding hydrogens is 452 g/mol. The number of benzene rings is 1. The topological polar surface area (TPSA) is 48.1 Å². The molecule has 0 fully saturated rings. The molecule has 2 unspecified atom stereocenters. The Kier molecular flexibility index (Phi) is 14.6. The van der Waals surface area contributed by atoms with E-state index in [4.69, 9.17) is 0 Å². The number of anilines is 1. The first-order valence-electron chi connectivity index (χ1n) is 14.0. The summed E-state index contributed by atoms with van der Waals surface area (Å²) in [7, 11) is 0. The zero-order chi connectivity index (χ0) is 28.0. The maximum Gasteiger partial charge on any atom is 0.0673 e. The number of hydrogen-bond acceptors (Lipinski definition) is 4. The van der Waals surface area contributed by atoms with Crippen LogP contribution in [0.2, 0.25) is 0 Å². The molecule has 2 atom stereocenters. The fourth-order valence-electron chi connectivity index (χ4n) is 4.12. The van der Waals surface area contributed by atoms with Gasteiger partial charge in [0.25, 0.3) is 0 Å². The van der Waals surface area contributed by atoms with E-state index in [0.29, 0.717) is 11.8 Å². The van der Waals surface area contributed by atoms with Gasteiger partial charge in [0, 0.05) is 35.0 Å².